The van der Waals surface area contributed by atoms with Crippen LogP contribution in [0.3, 0.4) is 0 Å². The summed E-state index contributed by atoms with van der Waals surface area (Å²) in [6, 6.07) is -1.70. The van der Waals surface area contributed by atoms with E-state index in [4.69, 9.17) is 34.2 Å². The number of carboxylic acids is 1. The second-order valence-corrected chi connectivity index (χ2v) is 23.2. The molecule has 25 nitrogen and oxygen atoms in total. The van der Waals surface area contributed by atoms with Gasteiger partial charge in [-0.1, -0.05) is 180 Å². The Balaban J connectivity index is 1.67. The molecule has 2 amide bonds. The lowest BCUT2D eigenvalue weighted by Gasteiger charge is -2.52. The van der Waals surface area contributed by atoms with Crippen LogP contribution in [0, 0.1) is 0 Å². The number of carbonyl (C=O) groups is 4. The van der Waals surface area contributed by atoms with Crippen LogP contribution in [-0.4, -0.2) is 214 Å². The number of nitrogens with two attached hydrogens (primary N) is 1. The highest BCUT2D eigenvalue weighted by Crippen LogP contribution is 2.38. The van der Waals surface area contributed by atoms with Gasteiger partial charge in [0.15, 0.2) is 12.3 Å². The van der Waals surface area contributed by atoms with Gasteiger partial charge in [0.2, 0.25) is 18.1 Å². The van der Waals surface area contributed by atoms with E-state index in [1.807, 2.05) is 0 Å². The summed E-state index contributed by atoms with van der Waals surface area (Å²) in [7, 11) is 0. The van der Waals surface area contributed by atoms with Crippen LogP contribution in [0.15, 0.2) is 12.2 Å². The van der Waals surface area contributed by atoms with Gasteiger partial charge in [0.1, 0.15) is 78.9 Å². The maximum absolute atomic E-state index is 13.9. The van der Waals surface area contributed by atoms with Crippen molar-refractivity contribution in [3.63, 3.8) is 0 Å². The van der Waals surface area contributed by atoms with E-state index in [9.17, 15) is 80.5 Å². The number of carbonyl (C=O) groups excluding carboxylic acids is 3. The van der Waals surface area contributed by atoms with Gasteiger partial charge in [0.25, 0.3) is 5.79 Å². The Hall–Kier alpha value is -3.06. The average Bonchev–Trinajstić information content (AvgIpc) is 3.18. The molecule has 0 aliphatic carbocycles. The van der Waals surface area contributed by atoms with Crippen LogP contribution in [0.5, 0.6) is 0 Å². The summed E-state index contributed by atoms with van der Waals surface area (Å²) >= 11 is 0. The number of ether oxygens (including phenoxy) is 6. The van der Waals surface area contributed by atoms with Gasteiger partial charge >= 0.3 is 11.9 Å². The molecule has 25 heteroatoms. The molecular weight excluding hydrogens is 1100 g/mol. The Bertz CT molecular complexity index is 1870. The third kappa shape index (κ3) is 24.5. The molecule has 3 rings (SSSR count). The second kappa shape index (κ2) is 40.5. The molecular formula is C59H107N3O22. The summed E-state index contributed by atoms with van der Waals surface area (Å²) in [5, 5.41) is 134. The van der Waals surface area contributed by atoms with Crippen molar-refractivity contribution in [2.45, 2.75) is 316 Å². The number of aliphatic carboxylic acids is 1. The number of esters is 1. The van der Waals surface area contributed by atoms with Gasteiger partial charge in [-0.2, -0.15) is 0 Å². The molecule has 3 aliphatic rings. The summed E-state index contributed by atoms with van der Waals surface area (Å²) in [6.45, 7) is 2.19. The third-order valence-corrected chi connectivity index (χ3v) is 16.1. The van der Waals surface area contributed by atoms with Crippen LogP contribution in [0.25, 0.3) is 0 Å². The first-order chi connectivity index (χ1) is 40.1. The van der Waals surface area contributed by atoms with Crippen LogP contribution >= 0.6 is 0 Å². The number of unbranched alkanes of at least 4 members (excludes halogenated alkanes) is 25. The quantitative estimate of drug-likeness (QED) is 0.0179. The Kier molecular flexibility index (Phi) is 36.2. The van der Waals surface area contributed by atoms with Gasteiger partial charge in [-0.15, -0.1) is 0 Å². The zero-order chi connectivity index (χ0) is 62.2. The average molecular weight is 1210 g/mol. The molecule has 0 aromatic carbocycles. The fourth-order valence-corrected chi connectivity index (χ4v) is 10.9. The van der Waals surface area contributed by atoms with E-state index in [1.165, 1.54) is 115 Å². The van der Waals surface area contributed by atoms with Crippen molar-refractivity contribution in [1.29, 1.82) is 0 Å². The zero-order valence-corrected chi connectivity index (χ0v) is 50.0. The summed E-state index contributed by atoms with van der Waals surface area (Å²) < 4.78 is 33.7. The van der Waals surface area contributed by atoms with Gasteiger partial charge < -0.3 is 106 Å². The first-order valence-electron chi connectivity index (χ1n) is 31.2. The highest BCUT2D eigenvalue weighted by atomic mass is 16.8. The molecule has 490 valence electrons. The molecule has 0 aromatic rings. The van der Waals surface area contributed by atoms with E-state index in [-0.39, 0.29) is 6.42 Å². The number of allylic oxidation sites excluding steroid dienone is 1. The highest BCUT2D eigenvalue weighted by molar-refractivity contribution is 5.85. The van der Waals surface area contributed by atoms with Crippen LogP contribution in [0.2, 0.25) is 0 Å². The lowest BCUT2D eigenvalue weighted by atomic mass is 9.83. The molecule has 3 heterocycles. The van der Waals surface area contributed by atoms with E-state index in [0.717, 1.165) is 58.3 Å². The molecule has 0 saturated carbocycles. The number of amides is 2. The molecule has 3 aliphatic heterocycles. The molecule has 0 bridgehead atoms. The zero-order valence-electron chi connectivity index (χ0n) is 50.0. The second-order valence-electron chi connectivity index (χ2n) is 23.2. The fourth-order valence-electron chi connectivity index (χ4n) is 10.9. The molecule has 0 spiro atoms. The van der Waals surface area contributed by atoms with Crippen LogP contribution in [-0.2, 0) is 47.6 Å². The van der Waals surface area contributed by atoms with E-state index in [2.05, 4.69) is 24.5 Å². The Morgan fingerprint density at radius 1 is 0.655 bits per heavy atom. The maximum atomic E-state index is 13.9. The molecule has 0 radical (unpaired) electrons. The molecule has 3 saturated heterocycles. The number of aliphatic hydroxyl groups excluding tert-OH is 11. The van der Waals surface area contributed by atoms with Crippen molar-refractivity contribution in [1.82, 2.24) is 10.6 Å². The van der Waals surface area contributed by atoms with Crippen LogP contribution in [0.4, 0.5) is 0 Å². The monoisotopic (exact) mass is 1210 g/mol. The van der Waals surface area contributed by atoms with Crippen molar-refractivity contribution in [2.75, 3.05) is 19.8 Å². The van der Waals surface area contributed by atoms with Crippen molar-refractivity contribution in [3.8, 4) is 0 Å². The minimum atomic E-state index is -3.01. The minimum Gasteiger partial charge on any atom is -0.477 e. The maximum Gasteiger partial charge on any atom is 0.364 e. The van der Waals surface area contributed by atoms with Gasteiger partial charge in [0, 0.05) is 19.8 Å². The standard InChI is InChI=1S/C59H107N3O22/c1-4-6-8-10-12-14-16-18-19-21-23-25-27-29-31-33-44(69)61-45(39(66)32-30-28-26-24-22-20-17-15-13-11-9-7-5-2)54(76)83-56-51(75)49(73)52(41(36-64)80-56)82-55-50(74)48(72)47(71)42(81-55)37-79-58(57(77)78)34-43(68)59(60,62-38(3)65)53(84-58)46(70)40(67)35-63/h30,32,39-43,45-53,55-56,63-64,66-68,70-75H,4-29,31,33-37,60H2,1-3H3,(H,61,69)(H,62,65)(H,77,78)/b32-30+/t39-,40-,41-,42-,43+,45+,46-,47+,48+,49-,50-,51-,52-,53+,55+,56+,58-,59+/m1/s1. The number of rotatable bonds is 44. The number of hydrogen-bond acceptors (Lipinski definition) is 22. The number of aliphatic hydroxyl groups is 11. The minimum absolute atomic E-state index is 0.0467. The molecule has 18 atom stereocenters. The number of carboxylic acid groups (broad SMARTS) is 1. The normalized spacial score (nSPS) is 30.6. The van der Waals surface area contributed by atoms with E-state index >= 15 is 0 Å². The highest BCUT2D eigenvalue weighted by Gasteiger charge is 2.62. The van der Waals surface area contributed by atoms with Crippen molar-refractivity contribution >= 4 is 23.8 Å². The molecule has 3 fully saturated rings. The lowest BCUT2D eigenvalue weighted by Crippen LogP contribution is -2.79. The Morgan fingerprint density at radius 3 is 1.63 bits per heavy atom. The third-order valence-electron chi connectivity index (χ3n) is 16.1. The number of nitrogens with one attached hydrogen (secondary N) is 2. The largest absolute Gasteiger partial charge is 0.477 e. The SMILES string of the molecule is CCCCCCCCCCCCC/C=C/[C@@H](O)[C@H](NC(=O)CCCCCCCCCCCCCCCCC)C(=O)O[C@@H]1O[C@H](CO)[C@@H](O[C@@H]2O[C@H](CO[C@]3(C(=O)O)C[C@H](O)[C@](N)(NC(C)=O)[C@H]([C@H](O)[C@H](O)CO)O3)[C@H](O)[C@H](O)[C@H]2O)[C@H](O)[C@H]1O. The first kappa shape index (κ1) is 75.2. The van der Waals surface area contributed by atoms with Gasteiger partial charge in [-0.05, 0) is 19.3 Å². The summed E-state index contributed by atoms with van der Waals surface area (Å²) in [4.78, 5) is 52.2. The molecule has 0 aromatic heterocycles. The van der Waals surface area contributed by atoms with E-state index < -0.39 is 159 Å². The first-order valence-corrected chi connectivity index (χ1v) is 31.2. The van der Waals surface area contributed by atoms with Crippen molar-refractivity contribution < 1.29 is 109 Å². The summed E-state index contributed by atoms with van der Waals surface area (Å²) in [5.41, 5.74) is 3.73. The van der Waals surface area contributed by atoms with Crippen molar-refractivity contribution in [3.05, 3.63) is 12.2 Å². The topological polar surface area (TPSA) is 417 Å². The van der Waals surface area contributed by atoms with E-state index in [1.54, 1.807) is 6.08 Å². The smallest absolute Gasteiger partial charge is 0.364 e. The van der Waals surface area contributed by atoms with Crippen LogP contribution < -0.4 is 16.4 Å². The van der Waals surface area contributed by atoms with Crippen LogP contribution in [0.1, 0.15) is 207 Å². The Morgan fingerprint density at radius 2 is 1.14 bits per heavy atom. The predicted molar refractivity (Wildman–Crippen MR) is 305 cm³/mol. The van der Waals surface area contributed by atoms with Gasteiger partial charge in [0.05, 0.1) is 25.9 Å². The Labute approximate surface area is 495 Å². The lowest BCUT2D eigenvalue weighted by molar-refractivity contribution is -0.367. The molecule has 84 heavy (non-hydrogen) atoms. The van der Waals surface area contributed by atoms with Crippen molar-refractivity contribution in [2.24, 2.45) is 5.73 Å². The molecule has 16 N–H and O–H groups in total. The van der Waals surface area contributed by atoms with E-state index in [0.29, 0.717) is 12.8 Å². The summed E-state index contributed by atoms with van der Waals surface area (Å²) in [5.74, 6) is -7.66. The number of hydrogen-bond donors (Lipinski definition) is 15. The van der Waals surface area contributed by atoms with Gasteiger partial charge in [-0.25, -0.2) is 9.59 Å². The van der Waals surface area contributed by atoms with Gasteiger partial charge in [-0.3, -0.25) is 9.59 Å². The fraction of sp³-hybridized carbons (Fsp3) is 0.898. The molecule has 0 unspecified atom stereocenters. The predicted octanol–water partition coefficient (Wildman–Crippen LogP) is 1.98. The summed E-state index contributed by atoms with van der Waals surface area (Å²) in [6.07, 6.45) is 1.83.